The monoisotopic (exact) mass is 226 g/mol. The van der Waals surface area contributed by atoms with Crippen molar-refractivity contribution in [2.24, 2.45) is 0 Å². The van der Waals surface area contributed by atoms with Crippen molar-refractivity contribution < 1.29 is 0 Å². The first-order valence-corrected chi connectivity index (χ1v) is 6.30. The van der Waals surface area contributed by atoms with E-state index in [4.69, 9.17) is 0 Å². The SMILES string of the molecule is CNC1CCc2c(ccc3ccccc23)NC1. The fourth-order valence-electron chi connectivity index (χ4n) is 2.67. The molecule has 0 radical (unpaired) electrons. The van der Waals surface area contributed by atoms with Gasteiger partial charge in [-0.3, -0.25) is 0 Å². The highest BCUT2D eigenvalue weighted by Gasteiger charge is 2.15. The molecule has 0 amide bonds. The van der Waals surface area contributed by atoms with Crippen LogP contribution in [0.25, 0.3) is 10.8 Å². The Bertz CT molecular complexity index is 533. The highest BCUT2D eigenvalue weighted by Crippen LogP contribution is 2.29. The number of hydrogen-bond donors (Lipinski definition) is 2. The Hall–Kier alpha value is -1.54. The van der Waals surface area contributed by atoms with Gasteiger partial charge in [0, 0.05) is 18.3 Å². The highest BCUT2D eigenvalue weighted by atomic mass is 15.0. The summed E-state index contributed by atoms with van der Waals surface area (Å²) < 4.78 is 0. The lowest BCUT2D eigenvalue weighted by atomic mass is 9.98. The van der Waals surface area contributed by atoms with Crippen LogP contribution >= 0.6 is 0 Å². The predicted octanol–water partition coefficient (Wildman–Crippen LogP) is 2.79. The average Bonchev–Trinajstić information content (AvgIpc) is 2.60. The number of hydrogen-bond acceptors (Lipinski definition) is 2. The van der Waals surface area contributed by atoms with Gasteiger partial charge >= 0.3 is 0 Å². The number of benzene rings is 2. The summed E-state index contributed by atoms with van der Waals surface area (Å²) in [7, 11) is 2.04. The molecule has 2 aromatic rings. The molecule has 1 unspecified atom stereocenters. The molecule has 0 bridgehead atoms. The molecule has 88 valence electrons. The zero-order chi connectivity index (χ0) is 11.7. The van der Waals surface area contributed by atoms with Gasteiger partial charge in [-0.15, -0.1) is 0 Å². The van der Waals surface area contributed by atoms with Crippen molar-refractivity contribution in [3.8, 4) is 0 Å². The molecule has 17 heavy (non-hydrogen) atoms. The topological polar surface area (TPSA) is 24.1 Å². The molecule has 3 rings (SSSR count). The predicted molar refractivity (Wildman–Crippen MR) is 73.6 cm³/mol. The molecule has 0 aromatic heterocycles. The molecule has 0 spiro atoms. The van der Waals surface area contributed by atoms with Crippen molar-refractivity contribution in [2.75, 3.05) is 18.9 Å². The van der Waals surface area contributed by atoms with Gasteiger partial charge in [0.25, 0.3) is 0 Å². The molecule has 0 aliphatic carbocycles. The van der Waals surface area contributed by atoms with Crippen molar-refractivity contribution >= 4 is 16.5 Å². The van der Waals surface area contributed by atoms with Crippen molar-refractivity contribution in [1.82, 2.24) is 5.32 Å². The maximum absolute atomic E-state index is 3.56. The third-order valence-corrected chi connectivity index (χ3v) is 3.73. The summed E-state index contributed by atoms with van der Waals surface area (Å²) in [6.45, 7) is 1.02. The molecular formula is C15H18N2. The van der Waals surface area contributed by atoms with Crippen LogP contribution in [0.5, 0.6) is 0 Å². The average molecular weight is 226 g/mol. The van der Waals surface area contributed by atoms with Gasteiger partial charge in [0.2, 0.25) is 0 Å². The standard InChI is InChI=1S/C15H18N2/c1-16-12-7-8-14-13-5-3-2-4-11(13)6-9-15(14)17-10-12/h2-6,9,12,16-17H,7-8,10H2,1H3. The largest absolute Gasteiger partial charge is 0.383 e. The van der Waals surface area contributed by atoms with E-state index in [2.05, 4.69) is 47.0 Å². The van der Waals surface area contributed by atoms with Crippen molar-refractivity contribution in [3.63, 3.8) is 0 Å². The van der Waals surface area contributed by atoms with E-state index >= 15 is 0 Å². The molecule has 0 saturated heterocycles. The van der Waals surface area contributed by atoms with Crippen LogP contribution in [0, 0.1) is 0 Å². The Morgan fingerprint density at radius 2 is 2.06 bits per heavy atom. The Kier molecular flexibility index (Phi) is 2.73. The third kappa shape index (κ3) is 1.89. The van der Waals surface area contributed by atoms with Crippen molar-refractivity contribution in [2.45, 2.75) is 18.9 Å². The van der Waals surface area contributed by atoms with Crippen LogP contribution in [0.2, 0.25) is 0 Å². The van der Waals surface area contributed by atoms with Gasteiger partial charge < -0.3 is 10.6 Å². The van der Waals surface area contributed by atoms with E-state index in [9.17, 15) is 0 Å². The molecule has 2 N–H and O–H groups in total. The minimum atomic E-state index is 0.571. The lowest BCUT2D eigenvalue weighted by Gasteiger charge is -2.12. The fourth-order valence-corrected chi connectivity index (χ4v) is 2.67. The lowest BCUT2D eigenvalue weighted by molar-refractivity contribution is 0.553. The molecule has 2 nitrogen and oxygen atoms in total. The third-order valence-electron chi connectivity index (χ3n) is 3.73. The molecule has 0 fully saturated rings. The highest BCUT2D eigenvalue weighted by molar-refractivity contribution is 5.90. The number of likely N-dealkylation sites (N-methyl/N-ethyl adjacent to an activating group) is 1. The van der Waals surface area contributed by atoms with Crippen LogP contribution < -0.4 is 10.6 Å². The fraction of sp³-hybridized carbons (Fsp3) is 0.333. The maximum atomic E-state index is 3.56. The Balaban J connectivity index is 2.09. The quantitative estimate of drug-likeness (QED) is 0.781. The number of aryl methyl sites for hydroxylation is 1. The van der Waals surface area contributed by atoms with E-state index < -0.39 is 0 Å². The second-order valence-electron chi connectivity index (χ2n) is 4.72. The molecule has 1 heterocycles. The minimum absolute atomic E-state index is 0.571. The second-order valence-corrected chi connectivity index (χ2v) is 4.72. The first-order valence-electron chi connectivity index (χ1n) is 6.30. The number of nitrogens with one attached hydrogen (secondary N) is 2. The van der Waals surface area contributed by atoms with Crippen LogP contribution in [0.15, 0.2) is 36.4 Å². The Morgan fingerprint density at radius 3 is 2.94 bits per heavy atom. The zero-order valence-electron chi connectivity index (χ0n) is 10.2. The van der Waals surface area contributed by atoms with Crippen molar-refractivity contribution in [1.29, 1.82) is 0 Å². The molecule has 0 saturated carbocycles. The Morgan fingerprint density at radius 1 is 1.18 bits per heavy atom. The van der Waals surface area contributed by atoms with Gasteiger partial charge in [-0.2, -0.15) is 0 Å². The number of fused-ring (bicyclic) bond motifs is 3. The van der Waals surface area contributed by atoms with E-state index in [1.165, 1.54) is 28.4 Å². The van der Waals surface area contributed by atoms with E-state index in [0.29, 0.717) is 6.04 Å². The summed E-state index contributed by atoms with van der Waals surface area (Å²) >= 11 is 0. The first kappa shape index (κ1) is 10.6. The van der Waals surface area contributed by atoms with Crippen LogP contribution in [0.4, 0.5) is 5.69 Å². The van der Waals surface area contributed by atoms with E-state index in [0.717, 1.165) is 13.0 Å². The summed E-state index contributed by atoms with van der Waals surface area (Å²) in [5.41, 5.74) is 2.78. The van der Waals surface area contributed by atoms with Crippen LogP contribution in [-0.4, -0.2) is 19.6 Å². The normalized spacial score (nSPS) is 19.5. The summed E-state index contributed by atoms with van der Waals surface area (Å²) in [5.74, 6) is 0. The van der Waals surface area contributed by atoms with E-state index in [1.54, 1.807) is 0 Å². The first-order chi connectivity index (χ1) is 8.38. The molecule has 2 heteroatoms. The summed E-state index contributed by atoms with van der Waals surface area (Å²) in [6, 6.07) is 13.7. The lowest BCUT2D eigenvalue weighted by Crippen LogP contribution is -2.31. The molecule has 1 atom stereocenters. The summed E-state index contributed by atoms with van der Waals surface area (Å²) in [4.78, 5) is 0. The minimum Gasteiger partial charge on any atom is -0.383 e. The van der Waals surface area contributed by atoms with Crippen LogP contribution in [-0.2, 0) is 6.42 Å². The van der Waals surface area contributed by atoms with E-state index in [1.807, 2.05) is 7.05 Å². The van der Waals surface area contributed by atoms with Gasteiger partial charge in [0.05, 0.1) is 0 Å². The van der Waals surface area contributed by atoms with E-state index in [-0.39, 0.29) is 0 Å². The van der Waals surface area contributed by atoms with Gasteiger partial charge in [0.15, 0.2) is 0 Å². The number of anilines is 1. The molecular weight excluding hydrogens is 208 g/mol. The van der Waals surface area contributed by atoms with Crippen LogP contribution in [0.1, 0.15) is 12.0 Å². The summed E-state index contributed by atoms with van der Waals surface area (Å²) in [6.07, 6.45) is 2.35. The Labute approximate surface area is 102 Å². The molecule has 1 aliphatic heterocycles. The van der Waals surface area contributed by atoms with Crippen molar-refractivity contribution in [3.05, 3.63) is 42.0 Å². The van der Waals surface area contributed by atoms with Crippen LogP contribution in [0.3, 0.4) is 0 Å². The van der Waals surface area contributed by atoms with Gasteiger partial charge in [-0.25, -0.2) is 0 Å². The van der Waals surface area contributed by atoms with Gasteiger partial charge in [-0.1, -0.05) is 30.3 Å². The van der Waals surface area contributed by atoms with Gasteiger partial charge in [-0.05, 0) is 42.3 Å². The second kappa shape index (κ2) is 4.38. The molecule has 2 aromatic carbocycles. The smallest absolute Gasteiger partial charge is 0.0379 e. The number of rotatable bonds is 1. The molecule has 1 aliphatic rings. The van der Waals surface area contributed by atoms with Gasteiger partial charge in [0.1, 0.15) is 0 Å². The zero-order valence-corrected chi connectivity index (χ0v) is 10.2. The summed E-state index contributed by atoms with van der Waals surface area (Å²) in [5, 5.41) is 9.66. The maximum Gasteiger partial charge on any atom is 0.0379 e.